The number of hydrogen-bond acceptors (Lipinski definition) is 7. The molecule has 3 aromatic rings. The van der Waals surface area contributed by atoms with Gasteiger partial charge < -0.3 is 10.1 Å². The number of aryl methyl sites for hydroxylation is 1. The van der Waals surface area contributed by atoms with E-state index in [1.54, 1.807) is 51.1 Å². The van der Waals surface area contributed by atoms with Gasteiger partial charge in [0.2, 0.25) is 0 Å². The number of rotatable bonds is 5. The average Bonchev–Trinajstić information content (AvgIpc) is 3.03. The van der Waals surface area contributed by atoms with Crippen molar-refractivity contribution in [3.8, 4) is 0 Å². The van der Waals surface area contributed by atoms with Crippen LogP contribution >= 0.6 is 0 Å². The Morgan fingerprint density at radius 3 is 2.50 bits per heavy atom. The lowest BCUT2D eigenvalue weighted by Crippen LogP contribution is -2.28. The maximum Gasteiger partial charge on any atom is 0.325 e. The summed E-state index contributed by atoms with van der Waals surface area (Å²) in [7, 11) is -3.78. The number of esters is 1. The fraction of sp³-hybridized carbons (Fsp3) is 0.316. The molecular weight excluding hydrogens is 380 g/mol. The highest BCUT2D eigenvalue weighted by atomic mass is 32.2. The SMILES string of the molecule is Cc1ccc(S(=O)(=O)n2ccc3nc(NCC(=O)OC(C)(C)C)cnc32)cc1. The summed E-state index contributed by atoms with van der Waals surface area (Å²) in [5, 5.41) is 2.84. The molecule has 0 unspecified atom stereocenters. The fourth-order valence-electron chi connectivity index (χ4n) is 2.53. The number of aromatic nitrogens is 3. The highest BCUT2D eigenvalue weighted by Crippen LogP contribution is 2.21. The van der Waals surface area contributed by atoms with Gasteiger partial charge in [0, 0.05) is 6.20 Å². The van der Waals surface area contributed by atoms with E-state index in [4.69, 9.17) is 4.74 Å². The second kappa shape index (κ2) is 7.23. The van der Waals surface area contributed by atoms with Gasteiger partial charge in [-0.1, -0.05) is 17.7 Å². The number of benzene rings is 1. The minimum absolute atomic E-state index is 0.0696. The molecule has 0 fully saturated rings. The lowest BCUT2D eigenvalue weighted by atomic mass is 10.2. The number of anilines is 1. The first-order valence-electron chi connectivity index (χ1n) is 8.68. The minimum atomic E-state index is -3.78. The zero-order valence-electron chi connectivity index (χ0n) is 16.1. The molecule has 0 aliphatic carbocycles. The van der Waals surface area contributed by atoms with Crippen molar-refractivity contribution in [2.45, 2.75) is 38.2 Å². The molecule has 2 heterocycles. The Hall–Kier alpha value is -2.94. The molecule has 0 spiro atoms. The molecule has 0 atom stereocenters. The Morgan fingerprint density at radius 1 is 1.18 bits per heavy atom. The van der Waals surface area contributed by atoms with Crippen LogP contribution in [-0.2, 0) is 19.6 Å². The lowest BCUT2D eigenvalue weighted by molar-refractivity contribution is -0.152. The lowest BCUT2D eigenvalue weighted by Gasteiger charge is -2.19. The normalized spacial score (nSPS) is 12.1. The molecule has 3 rings (SSSR count). The van der Waals surface area contributed by atoms with Crippen LogP contribution in [0.4, 0.5) is 5.82 Å². The van der Waals surface area contributed by atoms with Crippen molar-refractivity contribution in [3.63, 3.8) is 0 Å². The number of carbonyl (C=O) groups excluding carboxylic acids is 1. The van der Waals surface area contributed by atoms with E-state index in [2.05, 4.69) is 15.3 Å². The Balaban J connectivity index is 1.83. The Kier molecular flexibility index (Phi) is 5.12. The molecule has 0 aliphatic heterocycles. The number of hydrogen-bond donors (Lipinski definition) is 1. The van der Waals surface area contributed by atoms with Crippen molar-refractivity contribution >= 4 is 33.0 Å². The van der Waals surface area contributed by atoms with Crippen LogP contribution in [-0.4, -0.2) is 40.5 Å². The predicted octanol–water partition coefficient (Wildman–Crippen LogP) is 2.73. The Labute approximate surface area is 163 Å². The zero-order chi connectivity index (χ0) is 20.5. The van der Waals surface area contributed by atoms with Crippen LogP contribution in [0, 0.1) is 6.92 Å². The van der Waals surface area contributed by atoms with Crippen molar-refractivity contribution < 1.29 is 17.9 Å². The van der Waals surface area contributed by atoms with Crippen LogP contribution in [0.15, 0.2) is 47.6 Å². The summed E-state index contributed by atoms with van der Waals surface area (Å²) in [6.45, 7) is 7.18. The van der Waals surface area contributed by atoms with Gasteiger partial charge in [-0.05, 0) is 45.9 Å². The monoisotopic (exact) mass is 402 g/mol. The van der Waals surface area contributed by atoms with E-state index in [1.807, 2.05) is 6.92 Å². The van der Waals surface area contributed by atoms with Crippen LogP contribution in [0.25, 0.3) is 11.2 Å². The van der Waals surface area contributed by atoms with Crippen molar-refractivity contribution in [1.82, 2.24) is 13.9 Å². The van der Waals surface area contributed by atoms with Crippen LogP contribution in [0.2, 0.25) is 0 Å². The standard InChI is InChI=1S/C19H22N4O4S/c1-13-5-7-14(8-6-13)28(25,26)23-10-9-15-18(23)21-11-16(22-15)20-12-17(24)27-19(2,3)4/h5-11H,12H2,1-4H3,(H,20,22). The van der Waals surface area contributed by atoms with Crippen LogP contribution in [0.5, 0.6) is 0 Å². The van der Waals surface area contributed by atoms with E-state index in [0.29, 0.717) is 11.3 Å². The van der Waals surface area contributed by atoms with Crippen molar-refractivity contribution in [3.05, 3.63) is 48.3 Å². The molecule has 1 aromatic carbocycles. The molecule has 0 radical (unpaired) electrons. The summed E-state index contributed by atoms with van der Waals surface area (Å²) < 4.78 is 32.1. The van der Waals surface area contributed by atoms with Crippen molar-refractivity contribution in [2.75, 3.05) is 11.9 Å². The van der Waals surface area contributed by atoms with E-state index in [9.17, 15) is 13.2 Å². The predicted molar refractivity (Wildman–Crippen MR) is 106 cm³/mol. The van der Waals surface area contributed by atoms with Crippen LogP contribution < -0.4 is 5.32 Å². The van der Waals surface area contributed by atoms with E-state index in [-0.39, 0.29) is 17.1 Å². The molecule has 9 heteroatoms. The second-order valence-corrected chi connectivity index (χ2v) is 9.15. The summed E-state index contributed by atoms with van der Waals surface area (Å²) in [5.74, 6) is -0.0715. The Bertz CT molecular complexity index is 1110. The van der Waals surface area contributed by atoms with E-state index in [0.717, 1.165) is 9.54 Å². The van der Waals surface area contributed by atoms with Gasteiger partial charge in [0.15, 0.2) is 5.65 Å². The Morgan fingerprint density at radius 2 is 1.86 bits per heavy atom. The minimum Gasteiger partial charge on any atom is -0.459 e. The van der Waals surface area contributed by atoms with Crippen molar-refractivity contribution in [2.24, 2.45) is 0 Å². The average molecular weight is 402 g/mol. The molecule has 0 amide bonds. The number of carbonyl (C=O) groups is 1. The zero-order valence-corrected chi connectivity index (χ0v) is 16.9. The first-order chi connectivity index (χ1) is 13.1. The molecule has 0 saturated heterocycles. The quantitative estimate of drug-likeness (QED) is 0.655. The van der Waals surface area contributed by atoms with Gasteiger partial charge >= 0.3 is 5.97 Å². The van der Waals surface area contributed by atoms with Gasteiger partial charge in [0.1, 0.15) is 23.5 Å². The molecule has 2 aromatic heterocycles. The summed E-state index contributed by atoms with van der Waals surface area (Å²) in [6.07, 6.45) is 2.80. The van der Waals surface area contributed by atoms with Crippen LogP contribution in [0.1, 0.15) is 26.3 Å². The van der Waals surface area contributed by atoms with Gasteiger partial charge in [0.25, 0.3) is 10.0 Å². The van der Waals surface area contributed by atoms with E-state index >= 15 is 0 Å². The topological polar surface area (TPSA) is 103 Å². The molecule has 148 valence electrons. The van der Waals surface area contributed by atoms with Gasteiger partial charge in [0.05, 0.1) is 11.1 Å². The number of nitrogens with zero attached hydrogens (tertiary/aromatic N) is 3. The summed E-state index contributed by atoms with van der Waals surface area (Å²) >= 11 is 0. The number of fused-ring (bicyclic) bond motifs is 1. The molecule has 28 heavy (non-hydrogen) atoms. The molecule has 0 saturated carbocycles. The third-order valence-electron chi connectivity index (χ3n) is 3.77. The fourth-order valence-corrected chi connectivity index (χ4v) is 3.83. The van der Waals surface area contributed by atoms with Gasteiger partial charge in [-0.25, -0.2) is 22.4 Å². The summed E-state index contributed by atoms with van der Waals surface area (Å²) in [5.41, 5.74) is 1.00. The molecule has 1 N–H and O–H groups in total. The summed E-state index contributed by atoms with van der Waals surface area (Å²) in [4.78, 5) is 20.5. The third kappa shape index (κ3) is 4.30. The first-order valence-corrected chi connectivity index (χ1v) is 10.1. The highest BCUT2D eigenvalue weighted by Gasteiger charge is 2.20. The van der Waals surface area contributed by atoms with Crippen molar-refractivity contribution in [1.29, 1.82) is 0 Å². The molecule has 0 aliphatic rings. The van der Waals surface area contributed by atoms with Gasteiger partial charge in [-0.3, -0.25) is 4.79 Å². The molecule has 0 bridgehead atoms. The highest BCUT2D eigenvalue weighted by molar-refractivity contribution is 7.90. The maximum atomic E-state index is 12.9. The number of nitrogens with one attached hydrogen (secondary N) is 1. The first kappa shape index (κ1) is 19.8. The maximum absolute atomic E-state index is 12.9. The third-order valence-corrected chi connectivity index (χ3v) is 5.45. The second-order valence-electron chi connectivity index (χ2n) is 7.33. The van der Waals surface area contributed by atoms with Crippen LogP contribution in [0.3, 0.4) is 0 Å². The molecule has 8 nitrogen and oxygen atoms in total. The van der Waals surface area contributed by atoms with E-state index < -0.39 is 21.6 Å². The summed E-state index contributed by atoms with van der Waals surface area (Å²) in [6, 6.07) is 8.15. The number of ether oxygens (including phenoxy) is 1. The van der Waals surface area contributed by atoms with E-state index in [1.165, 1.54) is 12.4 Å². The largest absolute Gasteiger partial charge is 0.459 e. The molecular formula is C19H22N4O4S. The van der Waals surface area contributed by atoms with Gasteiger partial charge in [-0.15, -0.1) is 0 Å². The smallest absolute Gasteiger partial charge is 0.325 e. The van der Waals surface area contributed by atoms with Gasteiger partial charge in [-0.2, -0.15) is 0 Å².